The highest BCUT2D eigenvalue weighted by atomic mass is 127. The van der Waals surface area contributed by atoms with Crippen LogP contribution in [0.15, 0.2) is 30.2 Å². The molecule has 1 spiro atoms. The highest BCUT2D eigenvalue weighted by Crippen LogP contribution is 2.42. The summed E-state index contributed by atoms with van der Waals surface area (Å²) in [5.41, 5.74) is 3.46. The van der Waals surface area contributed by atoms with E-state index in [0.29, 0.717) is 28.7 Å². The molecule has 0 unspecified atom stereocenters. The van der Waals surface area contributed by atoms with E-state index < -0.39 is 0 Å². The van der Waals surface area contributed by atoms with Crippen LogP contribution < -0.4 is 20.4 Å². The quantitative estimate of drug-likeness (QED) is 0.340. The maximum absolute atomic E-state index is 11.7. The zero-order valence-electron chi connectivity index (χ0n) is 21.4. The Morgan fingerprint density at radius 2 is 2.03 bits per heavy atom. The Kier molecular flexibility index (Phi) is 7.69. The molecule has 0 bridgehead atoms. The van der Waals surface area contributed by atoms with Gasteiger partial charge in [0.1, 0.15) is 10.8 Å². The summed E-state index contributed by atoms with van der Waals surface area (Å²) in [6.45, 7) is 9.16. The van der Waals surface area contributed by atoms with Crippen LogP contribution in [0, 0.1) is 5.41 Å². The number of nitrogens with zero attached hydrogens (tertiary/aromatic N) is 5. The average molecular weight is 638 g/mol. The number of aromatic nitrogens is 2. The van der Waals surface area contributed by atoms with Crippen LogP contribution in [-0.4, -0.2) is 71.4 Å². The molecule has 0 aliphatic carbocycles. The summed E-state index contributed by atoms with van der Waals surface area (Å²) in [6, 6.07) is 6.46. The maximum atomic E-state index is 11.7. The number of benzene rings is 1. The molecule has 2 saturated heterocycles. The van der Waals surface area contributed by atoms with E-state index in [0.717, 1.165) is 48.6 Å². The maximum Gasteiger partial charge on any atom is 0.257 e. The van der Waals surface area contributed by atoms with Gasteiger partial charge in [-0.1, -0.05) is 11.6 Å². The second-order valence-corrected chi connectivity index (χ2v) is 12.1. The van der Waals surface area contributed by atoms with E-state index in [9.17, 15) is 4.79 Å². The average Bonchev–Trinajstić information content (AvgIpc) is 2.87. The molecule has 9 nitrogen and oxygen atoms in total. The number of amides is 1. The second-order valence-electron chi connectivity index (χ2n) is 10.3. The molecule has 0 saturated carbocycles. The van der Waals surface area contributed by atoms with Crippen molar-refractivity contribution in [1.82, 2.24) is 18.4 Å². The number of halogens is 2. The zero-order valence-corrected chi connectivity index (χ0v) is 24.3. The van der Waals surface area contributed by atoms with Crippen molar-refractivity contribution in [3.63, 3.8) is 0 Å². The van der Waals surface area contributed by atoms with Gasteiger partial charge in [0.05, 0.1) is 12.7 Å². The van der Waals surface area contributed by atoms with Crippen molar-refractivity contribution >= 4 is 69.6 Å². The van der Waals surface area contributed by atoms with E-state index in [1.54, 1.807) is 13.2 Å². The number of piperidine rings is 1. The molecule has 2 aromatic rings. The Balaban J connectivity index is 1.33. The molecule has 198 valence electrons. The first-order valence-corrected chi connectivity index (χ1v) is 14.0. The third-order valence-corrected chi connectivity index (χ3v) is 8.34. The van der Waals surface area contributed by atoms with Gasteiger partial charge >= 0.3 is 0 Å². The Bertz CT molecular complexity index is 1190. The largest absolute Gasteiger partial charge is 0.486 e. The van der Waals surface area contributed by atoms with Gasteiger partial charge in [-0.2, -0.15) is 4.98 Å². The number of anilines is 4. The van der Waals surface area contributed by atoms with E-state index in [2.05, 4.69) is 77.4 Å². The molecule has 37 heavy (non-hydrogen) atoms. The van der Waals surface area contributed by atoms with Crippen LogP contribution in [0.4, 0.5) is 23.1 Å². The normalized spacial score (nSPS) is 18.8. The Labute approximate surface area is 237 Å². The van der Waals surface area contributed by atoms with Crippen LogP contribution in [0.2, 0.25) is 5.02 Å². The lowest BCUT2D eigenvalue weighted by atomic mass is 9.73. The third kappa shape index (κ3) is 5.75. The van der Waals surface area contributed by atoms with Crippen molar-refractivity contribution in [3.05, 3.63) is 40.7 Å². The molecule has 2 N–H and O–H groups in total. The molecule has 4 heterocycles. The van der Waals surface area contributed by atoms with Gasteiger partial charge in [0, 0.05) is 84.5 Å². The molecule has 0 atom stereocenters. The van der Waals surface area contributed by atoms with E-state index >= 15 is 0 Å². The molecule has 3 aliphatic rings. The summed E-state index contributed by atoms with van der Waals surface area (Å²) in [5.74, 6) is 1.90. The molecule has 1 amide bonds. The van der Waals surface area contributed by atoms with E-state index in [1.807, 2.05) is 12.1 Å². The molecule has 2 fully saturated rings. The Morgan fingerprint density at radius 3 is 2.70 bits per heavy atom. The fourth-order valence-corrected chi connectivity index (χ4v) is 6.76. The lowest BCUT2D eigenvalue weighted by Crippen LogP contribution is -2.56. The van der Waals surface area contributed by atoms with Gasteiger partial charge in [-0.15, -0.1) is 0 Å². The van der Waals surface area contributed by atoms with Crippen LogP contribution in [0.5, 0.6) is 0 Å². The van der Waals surface area contributed by atoms with Crippen LogP contribution in [0.3, 0.4) is 0 Å². The van der Waals surface area contributed by atoms with Crippen LogP contribution in [0.1, 0.15) is 32.3 Å². The summed E-state index contributed by atoms with van der Waals surface area (Å²) in [6.07, 6.45) is 6.00. The molecular weight excluding hydrogens is 605 g/mol. The van der Waals surface area contributed by atoms with Gasteiger partial charge in [-0.05, 0) is 51.0 Å². The van der Waals surface area contributed by atoms with Gasteiger partial charge in [0.15, 0.2) is 12.4 Å². The molecule has 11 heteroatoms. The number of carbonyl (C=O) groups excluding carboxylic acids is 1. The highest BCUT2D eigenvalue weighted by Gasteiger charge is 2.44. The summed E-state index contributed by atoms with van der Waals surface area (Å²) in [5, 5.41) is 6.46. The summed E-state index contributed by atoms with van der Waals surface area (Å²) in [4.78, 5) is 25.5. The second kappa shape index (κ2) is 10.8. The van der Waals surface area contributed by atoms with Crippen LogP contribution >= 0.6 is 34.5 Å². The Morgan fingerprint density at radius 1 is 1.27 bits per heavy atom. The molecular formula is C26H33ClIN7O2. The van der Waals surface area contributed by atoms with Crippen LogP contribution in [-0.2, 0) is 9.53 Å². The SMILES string of the molecule is CNC(=O)COC1=Cc2cc(Nc3nc(N4CCC5(CC4)CN(I)C5)ncc3Cl)ccc2N(C(C)C)C1. The number of fused-ring (bicyclic) bond motifs is 1. The van der Waals surface area contributed by atoms with E-state index in [1.165, 1.54) is 13.1 Å². The summed E-state index contributed by atoms with van der Waals surface area (Å²) in [7, 11) is 1.60. The number of hydrogen-bond donors (Lipinski definition) is 2. The Hall–Kier alpha value is -2.31. The standard InChI is InChI=1S/C26H33ClIN7O2/c1-17(2)35-13-20(37-14-23(36)29-3)11-18-10-19(4-5-22(18)35)31-24-21(27)12-30-25(32-24)33-8-6-26(7-9-33)15-34(28)16-26/h4-5,10-12,17H,6-9,13-16H2,1-3H3,(H,29,36)(H,30,31,32). The monoisotopic (exact) mass is 637 g/mol. The van der Waals surface area contributed by atoms with E-state index in [-0.39, 0.29) is 18.6 Å². The molecule has 5 rings (SSSR count). The van der Waals surface area contributed by atoms with Gasteiger partial charge in [0.2, 0.25) is 5.95 Å². The number of ether oxygens (including phenoxy) is 1. The van der Waals surface area contributed by atoms with Gasteiger partial charge < -0.3 is 25.2 Å². The van der Waals surface area contributed by atoms with Gasteiger partial charge in [-0.25, -0.2) is 8.10 Å². The topological polar surface area (TPSA) is 85.9 Å². The van der Waals surface area contributed by atoms with Crippen molar-refractivity contribution in [2.75, 3.05) is 61.5 Å². The fraction of sp³-hybridized carbons (Fsp3) is 0.500. The first-order chi connectivity index (χ1) is 17.7. The van der Waals surface area contributed by atoms with E-state index in [4.69, 9.17) is 21.3 Å². The minimum absolute atomic E-state index is 0.00515. The lowest BCUT2D eigenvalue weighted by molar-refractivity contribution is -0.123. The van der Waals surface area contributed by atoms with Gasteiger partial charge in [0.25, 0.3) is 5.91 Å². The minimum Gasteiger partial charge on any atom is -0.486 e. The molecule has 0 radical (unpaired) electrons. The van der Waals surface area contributed by atoms with Crippen molar-refractivity contribution in [2.45, 2.75) is 32.7 Å². The predicted octanol–water partition coefficient (Wildman–Crippen LogP) is 4.46. The fourth-order valence-electron chi connectivity index (χ4n) is 5.17. The summed E-state index contributed by atoms with van der Waals surface area (Å²) < 4.78 is 8.16. The van der Waals surface area contributed by atoms with Crippen molar-refractivity contribution < 1.29 is 9.53 Å². The number of likely N-dealkylation sites (N-methyl/N-ethyl adjacent to an activating group) is 1. The molecule has 1 aromatic carbocycles. The third-order valence-electron chi connectivity index (χ3n) is 7.39. The molecule has 1 aromatic heterocycles. The first-order valence-electron chi connectivity index (χ1n) is 12.7. The number of rotatable bonds is 7. The minimum atomic E-state index is -0.157. The lowest BCUT2D eigenvalue weighted by Gasteiger charge is -2.51. The summed E-state index contributed by atoms with van der Waals surface area (Å²) >= 11 is 8.91. The number of nitrogens with one attached hydrogen (secondary N) is 2. The van der Waals surface area contributed by atoms with Crippen molar-refractivity contribution in [3.8, 4) is 0 Å². The number of hydrogen-bond acceptors (Lipinski definition) is 8. The first kappa shape index (κ1) is 26.3. The van der Waals surface area contributed by atoms with Crippen molar-refractivity contribution in [2.24, 2.45) is 5.41 Å². The molecule has 3 aliphatic heterocycles. The van der Waals surface area contributed by atoms with Crippen molar-refractivity contribution in [1.29, 1.82) is 0 Å². The predicted molar refractivity (Wildman–Crippen MR) is 157 cm³/mol. The highest BCUT2D eigenvalue weighted by molar-refractivity contribution is 14.1. The zero-order chi connectivity index (χ0) is 26.2. The van der Waals surface area contributed by atoms with Gasteiger partial charge in [-0.3, -0.25) is 4.79 Å². The smallest absolute Gasteiger partial charge is 0.257 e. The van der Waals surface area contributed by atoms with Crippen LogP contribution in [0.25, 0.3) is 6.08 Å². The number of carbonyl (C=O) groups is 1.